The molecule has 0 saturated heterocycles. The molecule has 4 heteroatoms. The summed E-state index contributed by atoms with van der Waals surface area (Å²) in [4.78, 5) is 4.22. The lowest BCUT2D eigenvalue weighted by molar-refractivity contribution is 0.388. The number of rotatable bonds is 4. The van der Waals surface area contributed by atoms with Crippen LogP contribution in [-0.4, -0.2) is 19.5 Å². The zero-order valence-electron chi connectivity index (χ0n) is 9.89. The minimum Gasteiger partial charge on any atom is -0.337 e. The molecule has 2 rings (SSSR count). The van der Waals surface area contributed by atoms with Gasteiger partial charge in [0.2, 0.25) is 0 Å². The summed E-state index contributed by atoms with van der Waals surface area (Å²) in [5.74, 6) is 3.11. The summed E-state index contributed by atoms with van der Waals surface area (Å²) >= 11 is 0. The van der Waals surface area contributed by atoms with Crippen LogP contribution in [0.15, 0.2) is 12.4 Å². The largest absolute Gasteiger partial charge is 0.337 e. The molecule has 0 unspecified atom stereocenters. The minimum absolute atomic E-state index is 0.611. The molecule has 1 aliphatic rings. The fourth-order valence-electron chi connectivity index (χ4n) is 2.36. The van der Waals surface area contributed by atoms with E-state index in [1.165, 1.54) is 32.1 Å². The molecule has 0 amide bonds. The van der Waals surface area contributed by atoms with Crippen LogP contribution in [0.2, 0.25) is 0 Å². The number of nitrogens with zero attached hydrogens (tertiary/aromatic N) is 2. The molecular formula is C12H20N2OS. The second kappa shape index (κ2) is 5.62. The maximum Gasteiger partial charge on any atom is 0.121 e. The molecule has 1 atom stereocenters. The normalized spacial score (nSPS) is 19.8. The molecule has 16 heavy (non-hydrogen) atoms. The Hall–Kier alpha value is -0.640. The number of aromatic nitrogens is 2. The smallest absolute Gasteiger partial charge is 0.121 e. The first-order chi connectivity index (χ1) is 7.75. The summed E-state index contributed by atoms with van der Waals surface area (Å²) in [5.41, 5.74) is 0. The zero-order chi connectivity index (χ0) is 11.4. The van der Waals surface area contributed by atoms with Crippen LogP contribution in [0.3, 0.4) is 0 Å². The van der Waals surface area contributed by atoms with Gasteiger partial charge in [0, 0.05) is 36.0 Å². The summed E-state index contributed by atoms with van der Waals surface area (Å²) in [7, 11) is 1.22. The Bertz CT molecular complexity index is 356. The Balaban J connectivity index is 1.82. The quantitative estimate of drug-likeness (QED) is 0.809. The second-order valence-electron chi connectivity index (χ2n) is 4.71. The summed E-state index contributed by atoms with van der Waals surface area (Å²) in [6, 6.07) is 0. The Morgan fingerprint density at radius 2 is 2.19 bits per heavy atom. The van der Waals surface area contributed by atoms with Gasteiger partial charge >= 0.3 is 0 Å². The molecule has 1 heterocycles. The molecule has 0 bridgehead atoms. The Morgan fingerprint density at radius 1 is 1.44 bits per heavy atom. The van der Waals surface area contributed by atoms with Crippen molar-refractivity contribution >= 4 is 10.8 Å². The third kappa shape index (κ3) is 3.17. The van der Waals surface area contributed by atoms with Crippen LogP contribution in [0.5, 0.6) is 0 Å². The van der Waals surface area contributed by atoms with Crippen molar-refractivity contribution in [1.29, 1.82) is 0 Å². The van der Waals surface area contributed by atoms with Crippen molar-refractivity contribution in [3.05, 3.63) is 18.2 Å². The first kappa shape index (κ1) is 11.8. The van der Waals surface area contributed by atoms with E-state index in [0.29, 0.717) is 11.7 Å². The lowest BCUT2D eigenvalue weighted by atomic mass is 9.91. The molecule has 1 aromatic heterocycles. The minimum atomic E-state index is -0.741. The van der Waals surface area contributed by atoms with Crippen LogP contribution in [0.1, 0.15) is 37.9 Å². The maximum absolute atomic E-state index is 12.0. The van der Waals surface area contributed by atoms with Crippen molar-refractivity contribution in [3.63, 3.8) is 0 Å². The van der Waals surface area contributed by atoms with Gasteiger partial charge in [0.1, 0.15) is 5.82 Å². The Morgan fingerprint density at radius 3 is 2.81 bits per heavy atom. The van der Waals surface area contributed by atoms with E-state index in [0.717, 1.165) is 11.6 Å². The molecule has 3 nitrogen and oxygen atoms in total. The fraction of sp³-hybridized carbons (Fsp3) is 0.750. The predicted octanol–water partition coefficient (Wildman–Crippen LogP) is 2.25. The van der Waals surface area contributed by atoms with Crippen molar-refractivity contribution in [2.75, 3.05) is 5.75 Å². The van der Waals surface area contributed by atoms with E-state index < -0.39 is 10.8 Å². The molecular weight excluding hydrogens is 220 g/mol. The first-order valence-corrected chi connectivity index (χ1v) is 7.55. The van der Waals surface area contributed by atoms with Gasteiger partial charge in [-0.25, -0.2) is 4.98 Å². The van der Waals surface area contributed by atoms with Gasteiger partial charge in [0.05, 0.1) is 5.75 Å². The van der Waals surface area contributed by atoms with Gasteiger partial charge in [-0.05, 0) is 18.8 Å². The molecule has 1 fully saturated rings. The highest BCUT2D eigenvalue weighted by atomic mass is 32.2. The van der Waals surface area contributed by atoms with Crippen LogP contribution in [0.25, 0.3) is 0 Å². The van der Waals surface area contributed by atoms with E-state index >= 15 is 0 Å². The van der Waals surface area contributed by atoms with Crippen LogP contribution in [-0.2, 0) is 23.6 Å². The molecule has 0 radical (unpaired) electrons. The van der Waals surface area contributed by atoms with E-state index in [4.69, 9.17) is 0 Å². The Labute approximate surface area is 99.7 Å². The van der Waals surface area contributed by atoms with Crippen LogP contribution in [0, 0.1) is 5.92 Å². The van der Waals surface area contributed by atoms with Crippen molar-refractivity contribution < 1.29 is 4.21 Å². The molecule has 0 spiro atoms. The van der Waals surface area contributed by atoms with E-state index in [9.17, 15) is 4.21 Å². The van der Waals surface area contributed by atoms with Crippen molar-refractivity contribution in [2.45, 2.75) is 37.9 Å². The average molecular weight is 240 g/mol. The maximum atomic E-state index is 12.0. The summed E-state index contributed by atoms with van der Waals surface area (Å²) in [5, 5.41) is 0. The molecule has 1 saturated carbocycles. The summed E-state index contributed by atoms with van der Waals surface area (Å²) in [6.45, 7) is 0. The molecule has 90 valence electrons. The number of hydrogen-bond donors (Lipinski definition) is 0. The predicted molar refractivity (Wildman–Crippen MR) is 66.5 cm³/mol. The van der Waals surface area contributed by atoms with Crippen molar-refractivity contribution in [3.8, 4) is 0 Å². The fourth-order valence-corrected chi connectivity index (χ4v) is 3.90. The zero-order valence-corrected chi connectivity index (χ0v) is 10.7. The third-order valence-electron chi connectivity index (χ3n) is 3.36. The standard InChI is InChI=1S/C12H20N2OS/c1-14-8-7-13-12(14)10-16(15)9-11-5-3-2-4-6-11/h7-8,11H,2-6,9-10H2,1H3/t16-/m0/s1. The molecule has 0 aliphatic heterocycles. The highest BCUT2D eigenvalue weighted by molar-refractivity contribution is 7.84. The van der Waals surface area contributed by atoms with Crippen LogP contribution in [0.4, 0.5) is 0 Å². The van der Waals surface area contributed by atoms with Gasteiger partial charge in [0.15, 0.2) is 0 Å². The van der Waals surface area contributed by atoms with Crippen molar-refractivity contribution in [2.24, 2.45) is 13.0 Å². The molecule has 0 N–H and O–H groups in total. The molecule has 0 aromatic carbocycles. The second-order valence-corrected chi connectivity index (χ2v) is 6.21. The summed E-state index contributed by atoms with van der Waals surface area (Å²) in [6.07, 6.45) is 10.2. The van der Waals surface area contributed by atoms with Crippen LogP contribution >= 0.6 is 0 Å². The first-order valence-electron chi connectivity index (χ1n) is 6.07. The average Bonchev–Trinajstić information content (AvgIpc) is 2.66. The highest BCUT2D eigenvalue weighted by Crippen LogP contribution is 2.24. The van der Waals surface area contributed by atoms with Gasteiger partial charge in [-0.1, -0.05) is 19.3 Å². The van der Waals surface area contributed by atoms with Gasteiger partial charge in [0.25, 0.3) is 0 Å². The van der Waals surface area contributed by atoms with Crippen LogP contribution < -0.4 is 0 Å². The van der Waals surface area contributed by atoms with Gasteiger partial charge in [-0.3, -0.25) is 4.21 Å². The molecule has 1 aliphatic carbocycles. The van der Waals surface area contributed by atoms with E-state index in [1.807, 2.05) is 17.8 Å². The SMILES string of the molecule is Cn1ccnc1C[S@@](=O)CC1CCCCC1. The molecule has 1 aromatic rings. The monoisotopic (exact) mass is 240 g/mol. The highest BCUT2D eigenvalue weighted by Gasteiger charge is 2.17. The van der Waals surface area contributed by atoms with Gasteiger partial charge in [-0.2, -0.15) is 0 Å². The number of imidazole rings is 1. The lowest BCUT2D eigenvalue weighted by Gasteiger charge is -2.20. The number of aryl methyl sites for hydroxylation is 1. The number of hydrogen-bond acceptors (Lipinski definition) is 2. The van der Waals surface area contributed by atoms with Gasteiger partial charge in [-0.15, -0.1) is 0 Å². The van der Waals surface area contributed by atoms with E-state index in [1.54, 1.807) is 6.20 Å². The Kier molecular flexibility index (Phi) is 4.16. The van der Waals surface area contributed by atoms with E-state index in [-0.39, 0.29) is 0 Å². The van der Waals surface area contributed by atoms with Crippen molar-refractivity contribution in [1.82, 2.24) is 9.55 Å². The summed E-state index contributed by atoms with van der Waals surface area (Å²) < 4.78 is 13.9. The van der Waals surface area contributed by atoms with Gasteiger partial charge < -0.3 is 4.57 Å². The van der Waals surface area contributed by atoms with E-state index in [2.05, 4.69) is 4.98 Å². The topological polar surface area (TPSA) is 34.9 Å². The lowest BCUT2D eigenvalue weighted by Crippen LogP contribution is -2.16. The third-order valence-corrected chi connectivity index (χ3v) is 4.78.